The van der Waals surface area contributed by atoms with E-state index in [9.17, 15) is 22.8 Å². The number of nitrogens with two attached hydrogens (primary N) is 1. The molecule has 10 heteroatoms. The SMILES string of the molecule is CS(=O)(=O)NC(=O)CCC(=O)NCC[C@H](N)C(=O)O. The second-order valence-corrected chi connectivity index (χ2v) is 5.63. The van der Waals surface area contributed by atoms with Crippen LogP contribution in [0, 0.1) is 0 Å². The summed E-state index contributed by atoms with van der Waals surface area (Å²) in [4.78, 5) is 32.7. The fourth-order valence-electron chi connectivity index (χ4n) is 1.06. The van der Waals surface area contributed by atoms with E-state index in [1.807, 2.05) is 0 Å². The van der Waals surface area contributed by atoms with E-state index in [0.29, 0.717) is 0 Å². The molecule has 5 N–H and O–H groups in total. The van der Waals surface area contributed by atoms with Crippen LogP contribution >= 0.6 is 0 Å². The summed E-state index contributed by atoms with van der Waals surface area (Å²) in [5.74, 6) is -2.43. The van der Waals surface area contributed by atoms with Crippen molar-refractivity contribution in [2.24, 2.45) is 5.73 Å². The van der Waals surface area contributed by atoms with Gasteiger partial charge in [0.15, 0.2) is 0 Å². The lowest BCUT2D eigenvalue weighted by Crippen LogP contribution is -2.36. The molecule has 0 saturated heterocycles. The molecule has 0 fully saturated rings. The monoisotopic (exact) mass is 295 g/mol. The molecule has 110 valence electrons. The van der Waals surface area contributed by atoms with Crippen molar-refractivity contribution >= 4 is 27.8 Å². The Kier molecular flexibility index (Phi) is 7.01. The number of nitrogens with one attached hydrogen (secondary N) is 2. The molecule has 0 radical (unpaired) electrons. The highest BCUT2D eigenvalue weighted by atomic mass is 32.2. The van der Waals surface area contributed by atoms with Crippen molar-refractivity contribution in [1.82, 2.24) is 10.0 Å². The summed E-state index contributed by atoms with van der Waals surface area (Å²) in [6.07, 6.45) is 0.433. The van der Waals surface area contributed by atoms with Gasteiger partial charge >= 0.3 is 5.97 Å². The Balaban J connectivity index is 3.82. The number of rotatable bonds is 8. The predicted octanol–water partition coefficient (Wildman–Crippen LogP) is -2.24. The maximum atomic E-state index is 11.2. The first-order valence-electron chi connectivity index (χ1n) is 5.37. The highest BCUT2D eigenvalue weighted by Crippen LogP contribution is 1.92. The number of carbonyl (C=O) groups is 3. The van der Waals surface area contributed by atoms with E-state index >= 15 is 0 Å². The molecule has 0 aromatic carbocycles. The summed E-state index contributed by atoms with van der Waals surface area (Å²) in [5, 5.41) is 10.9. The van der Waals surface area contributed by atoms with E-state index in [1.54, 1.807) is 4.72 Å². The Labute approximate surface area is 110 Å². The third-order valence-corrected chi connectivity index (χ3v) is 2.57. The molecule has 0 saturated carbocycles. The molecule has 1 atom stereocenters. The number of hydrogen-bond donors (Lipinski definition) is 4. The van der Waals surface area contributed by atoms with Crippen molar-refractivity contribution in [2.45, 2.75) is 25.3 Å². The van der Waals surface area contributed by atoms with Gasteiger partial charge < -0.3 is 16.2 Å². The number of carboxylic acid groups (broad SMARTS) is 1. The van der Waals surface area contributed by atoms with Gasteiger partial charge in [-0.2, -0.15) is 0 Å². The fourth-order valence-corrected chi connectivity index (χ4v) is 1.58. The van der Waals surface area contributed by atoms with Crippen LogP contribution in [-0.2, 0) is 24.4 Å². The zero-order valence-corrected chi connectivity index (χ0v) is 11.2. The quantitative estimate of drug-likeness (QED) is 0.394. The minimum absolute atomic E-state index is 0.0661. The van der Waals surface area contributed by atoms with Gasteiger partial charge in [-0.25, -0.2) is 8.42 Å². The van der Waals surface area contributed by atoms with Gasteiger partial charge in [-0.15, -0.1) is 0 Å². The molecule has 0 heterocycles. The molecule has 0 aromatic rings. The molecule has 0 aliphatic heterocycles. The van der Waals surface area contributed by atoms with Crippen LogP contribution in [0.15, 0.2) is 0 Å². The number of carbonyl (C=O) groups excluding carboxylic acids is 2. The maximum Gasteiger partial charge on any atom is 0.320 e. The minimum atomic E-state index is -3.62. The predicted molar refractivity (Wildman–Crippen MR) is 65.5 cm³/mol. The highest BCUT2D eigenvalue weighted by Gasteiger charge is 2.13. The van der Waals surface area contributed by atoms with Gasteiger partial charge in [0.05, 0.1) is 6.26 Å². The van der Waals surface area contributed by atoms with E-state index in [-0.39, 0.29) is 25.8 Å². The summed E-state index contributed by atoms with van der Waals surface area (Å²) >= 11 is 0. The molecular formula is C9H17N3O6S. The third-order valence-electron chi connectivity index (χ3n) is 1.97. The van der Waals surface area contributed by atoms with Crippen LogP contribution < -0.4 is 15.8 Å². The maximum absolute atomic E-state index is 11.2. The molecule has 0 aromatic heterocycles. The summed E-state index contributed by atoms with van der Waals surface area (Å²) in [6, 6.07) is -1.06. The first-order valence-corrected chi connectivity index (χ1v) is 7.26. The third kappa shape index (κ3) is 9.97. The Hall–Kier alpha value is -1.68. The van der Waals surface area contributed by atoms with Crippen LogP contribution in [0.1, 0.15) is 19.3 Å². The van der Waals surface area contributed by atoms with Gasteiger partial charge in [0.2, 0.25) is 21.8 Å². The summed E-state index contributed by atoms with van der Waals surface area (Å²) in [6.45, 7) is 0.0694. The van der Waals surface area contributed by atoms with Gasteiger partial charge in [-0.05, 0) is 6.42 Å². The van der Waals surface area contributed by atoms with Gasteiger partial charge in [0, 0.05) is 19.4 Å². The fraction of sp³-hybridized carbons (Fsp3) is 0.667. The average molecular weight is 295 g/mol. The van der Waals surface area contributed by atoms with Gasteiger partial charge in [-0.1, -0.05) is 0 Å². The van der Waals surface area contributed by atoms with Crippen molar-refractivity contribution in [3.8, 4) is 0 Å². The van der Waals surface area contributed by atoms with Crippen molar-refractivity contribution in [3.05, 3.63) is 0 Å². The largest absolute Gasteiger partial charge is 0.480 e. The van der Waals surface area contributed by atoms with E-state index in [1.165, 1.54) is 0 Å². The summed E-state index contributed by atoms with van der Waals surface area (Å²) in [7, 11) is -3.62. The average Bonchev–Trinajstić information content (AvgIpc) is 2.23. The molecule has 0 bridgehead atoms. The number of aliphatic carboxylic acids is 1. The Morgan fingerprint density at radius 1 is 1.21 bits per heavy atom. The molecule has 0 aliphatic carbocycles. The van der Waals surface area contributed by atoms with Gasteiger partial charge in [-0.3, -0.25) is 19.1 Å². The number of sulfonamides is 1. The zero-order valence-electron chi connectivity index (χ0n) is 10.4. The van der Waals surface area contributed by atoms with Crippen molar-refractivity contribution in [1.29, 1.82) is 0 Å². The van der Waals surface area contributed by atoms with E-state index in [4.69, 9.17) is 10.8 Å². The Morgan fingerprint density at radius 2 is 1.74 bits per heavy atom. The lowest BCUT2D eigenvalue weighted by Gasteiger charge is -2.07. The van der Waals surface area contributed by atoms with E-state index < -0.39 is 33.8 Å². The van der Waals surface area contributed by atoms with Crippen LogP contribution in [0.25, 0.3) is 0 Å². The molecule has 0 spiro atoms. The minimum Gasteiger partial charge on any atom is -0.480 e. The molecule has 0 rings (SSSR count). The normalized spacial score (nSPS) is 12.5. The number of carboxylic acids is 1. The highest BCUT2D eigenvalue weighted by molar-refractivity contribution is 7.89. The van der Waals surface area contributed by atoms with E-state index in [2.05, 4.69) is 5.32 Å². The number of amides is 2. The summed E-state index contributed by atoms with van der Waals surface area (Å²) < 4.78 is 23.1. The molecule has 9 nitrogen and oxygen atoms in total. The Bertz CT molecular complexity index is 447. The first kappa shape index (κ1) is 17.3. The lowest BCUT2D eigenvalue weighted by molar-refractivity contribution is -0.138. The zero-order chi connectivity index (χ0) is 15.1. The topological polar surface area (TPSA) is 156 Å². The smallest absolute Gasteiger partial charge is 0.320 e. The summed E-state index contributed by atoms with van der Waals surface area (Å²) in [5.41, 5.74) is 5.21. The molecule has 19 heavy (non-hydrogen) atoms. The standard InChI is InChI=1S/C9H17N3O6S/c1-19(17,18)12-8(14)3-2-7(13)11-5-4-6(10)9(15)16/h6H,2-5,10H2,1H3,(H,11,13)(H,12,14)(H,15,16)/t6-/m0/s1. The number of hydrogen-bond acceptors (Lipinski definition) is 6. The second kappa shape index (κ2) is 7.69. The van der Waals surface area contributed by atoms with Crippen LogP contribution in [0.3, 0.4) is 0 Å². The van der Waals surface area contributed by atoms with Gasteiger partial charge in [0.1, 0.15) is 6.04 Å². The van der Waals surface area contributed by atoms with Crippen LogP contribution in [0.5, 0.6) is 0 Å². The van der Waals surface area contributed by atoms with Crippen molar-refractivity contribution in [2.75, 3.05) is 12.8 Å². The lowest BCUT2D eigenvalue weighted by atomic mass is 10.2. The molecule has 0 unspecified atom stereocenters. The molecule has 2 amide bonds. The van der Waals surface area contributed by atoms with Gasteiger partial charge in [0.25, 0.3) is 0 Å². The Morgan fingerprint density at radius 3 is 2.21 bits per heavy atom. The first-order chi connectivity index (χ1) is 8.61. The second-order valence-electron chi connectivity index (χ2n) is 3.88. The molecule has 0 aliphatic rings. The van der Waals surface area contributed by atoms with E-state index in [0.717, 1.165) is 6.26 Å². The van der Waals surface area contributed by atoms with Crippen molar-refractivity contribution in [3.63, 3.8) is 0 Å². The van der Waals surface area contributed by atoms with Crippen LogP contribution in [-0.4, -0.2) is 50.2 Å². The van der Waals surface area contributed by atoms with Crippen LogP contribution in [0.2, 0.25) is 0 Å². The molecular weight excluding hydrogens is 278 g/mol. The van der Waals surface area contributed by atoms with Crippen LogP contribution in [0.4, 0.5) is 0 Å². The van der Waals surface area contributed by atoms with Crippen molar-refractivity contribution < 1.29 is 27.9 Å².